The Labute approximate surface area is 135 Å². The van der Waals surface area contributed by atoms with Crippen LogP contribution in [0.5, 0.6) is 0 Å². The van der Waals surface area contributed by atoms with Crippen molar-refractivity contribution in [2.24, 2.45) is 4.99 Å². The molecule has 1 fully saturated rings. The average molecular weight is 302 g/mol. The fraction of sp³-hybridized carbons (Fsp3) is 0.611. The normalized spacial score (nSPS) is 19.9. The summed E-state index contributed by atoms with van der Waals surface area (Å²) in [4.78, 5) is 7.24. The van der Waals surface area contributed by atoms with Gasteiger partial charge < -0.3 is 10.6 Å². The van der Waals surface area contributed by atoms with Crippen LogP contribution in [0.2, 0.25) is 0 Å². The Kier molecular flexibility index (Phi) is 7.23. The van der Waals surface area contributed by atoms with E-state index in [9.17, 15) is 0 Å². The van der Waals surface area contributed by atoms with Crippen LogP contribution >= 0.6 is 0 Å². The van der Waals surface area contributed by atoms with Crippen LogP contribution in [0.1, 0.15) is 38.7 Å². The molecule has 1 unspecified atom stereocenters. The quantitative estimate of drug-likeness (QED) is 0.627. The second kappa shape index (κ2) is 9.46. The molecule has 1 aromatic carbocycles. The number of benzene rings is 1. The maximum atomic E-state index is 4.66. The molecule has 1 aliphatic rings. The highest BCUT2D eigenvalue weighted by Crippen LogP contribution is 2.15. The summed E-state index contributed by atoms with van der Waals surface area (Å²) >= 11 is 0. The Bertz CT molecular complexity index is 444. The topological polar surface area (TPSA) is 39.7 Å². The fourth-order valence-corrected chi connectivity index (χ4v) is 2.90. The zero-order valence-electron chi connectivity index (χ0n) is 14.0. The van der Waals surface area contributed by atoms with Gasteiger partial charge in [-0.15, -0.1) is 0 Å². The summed E-state index contributed by atoms with van der Waals surface area (Å²) in [5.74, 6) is 0.913. The third kappa shape index (κ3) is 5.68. The minimum absolute atomic E-state index is 0.719. The standard InChI is InChI=1S/C18H30N4/c1-3-19-18(21-15-17-10-5-4-6-11-17)20-12-14-22-13-8-7-9-16(22)2/h4-6,10-11,16H,3,7-9,12-15H2,1-2H3,(H2,19,20,21). The summed E-state index contributed by atoms with van der Waals surface area (Å²) in [6.45, 7) is 9.33. The van der Waals surface area contributed by atoms with Gasteiger partial charge in [-0.1, -0.05) is 36.8 Å². The van der Waals surface area contributed by atoms with Gasteiger partial charge in [0, 0.05) is 25.7 Å². The second-order valence-corrected chi connectivity index (χ2v) is 5.99. The number of aliphatic imine (C=N–C) groups is 1. The molecule has 1 aliphatic heterocycles. The third-order valence-electron chi connectivity index (χ3n) is 4.24. The molecule has 4 heteroatoms. The van der Waals surface area contributed by atoms with Gasteiger partial charge in [-0.25, -0.2) is 4.99 Å². The SMILES string of the molecule is CCNC(=NCc1ccccc1)NCCN1CCCCC1C. The first-order valence-corrected chi connectivity index (χ1v) is 8.59. The Morgan fingerprint density at radius 3 is 2.77 bits per heavy atom. The van der Waals surface area contributed by atoms with Crippen LogP contribution in [0, 0.1) is 0 Å². The smallest absolute Gasteiger partial charge is 0.191 e. The van der Waals surface area contributed by atoms with Gasteiger partial charge in [0.15, 0.2) is 5.96 Å². The Hall–Kier alpha value is -1.55. The van der Waals surface area contributed by atoms with Crippen molar-refractivity contribution in [2.45, 2.75) is 45.7 Å². The lowest BCUT2D eigenvalue weighted by atomic mass is 10.0. The van der Waals surface area contributed by atoms with Gasteiger partial charge in [-0.2, -0.15) is 0 Å². The fourth-order valence-electron chi connectivity index (χ4n) is 2.90. The van der Waals surface area contributed by atoms with Crippen molar-refractivity contribution in [3.8, 4) is 0 Å². The number of nitrogens with zero attached hydrogens (tertiary/aromatic N) is 2. The van der Waals surface area contributed by atoms with Crippen LogP contribution in [-0.2, 0) is 6.54 Å². The van der Waals surface area contributed by atoms with E-state index >= 15 is 0 Å². The molecule has 2 N–H and O–H groups in total. The molecule has 1 heterocycles. The number of hydrogen-bond acceptors (Lipinski definition) is 2. The molecular weight excluding hydrogens is 272 g/mol. The van der Waals surface area contributed by atoms with Crippen molar-refractivity contribution in [1.29, 1.82) is 0 Å². The molecule has 1 aromatic rings. The van der Waals surface area contributed by atoms with Crippen LogP contribution in [0.3, 0.4) is 0 Å². The van der Waals surface area contributed by atoms with E-state index < -0.39 is 0 Å². The Morgan fingerprint density at radius 1 is 1.23 bits per heavy atom. The minimum Gasteiger partial charge on any atom is -0.357 e. The predicted molar refractivity (Wildman–Crippen MR) is 94.1 cm³/mol. The molecular formula is C18H30N4. The molecule has 2 rings (SSSR count). The third-order valence-corrected chi connectivity index (χ3v) is 4.24. The van der Waals surface area contributed by atoms with Crippen molar-refractivity contribution in [2.75, 3.05) is 26.2 Å². The summed E-state index contributed by atoms with van der Waals surface area (Å²) in [5.41, 5.74) is 1.24. The first kappa shape index (κ1) is 16.8. The largest absolute Gasteiger partial charge is 0.357 e. The lowest BCUT2D eigenvalue weighted by Crippen LogP contribution is -2.45. The van der Waals surface area contributed by atoms with Crippen molar-refractivity contribution < 1.29 is 0 Å². The summed E-state index contributed by atoms with van der Waals surface area (Å²) in [7, 11) is 0. The van der Waals surface area contributed by atoms with E-state index in [1.165, 1.54) is 31.4 Å². The minimum atomic E-state index is 0.719. The van der Waals surface area contributed by atoms with Gasteiger partial charge in [-0.05, 0) is 38.8 Å². The Balaban J connectivity index is 1.78. The van der Waals surface area contributed by atoms with Crippen molar-refractivity contribution >= 4 is 5.96 Å². The summed E-state index contributed by atoms with van der Waals surface area (Å²) in [6, 6.07) is 11.1. The van der Waals surface area contributed by atoms with E-state index in [-0.39, 0.29) is 0 Å². The maximum absolute atomic E-state index is 4.66. The molecule has 122 valence electrons. The van der Waals surface area contributed by atoms with Crippen LogP contribution in [0.25, 0.3) is 0 Å². The van der Waals surface area contributed by atoms with E-state index in [0.29, 0.717) is 0 Å². The number of rotatable bonds is 6. The van der Waals surface area contributed by atoms with E-state index in [1.54, 1.807) is 0 Å². The monoisotopic (exact) mass is 302 g/mol. The molecule has 0 aromatic heterocycles. The predicted octanol–water partition coefficient (Wildman–Crippen LogP) is 2.62. The summed E-state index contributed by atoms with van der Waals surface area (Å²) in [5, 5.41) is 6.78. The molecule has 4 nitrogen and oxygen atoms in total. The number of piperidine rings is 1. The summed E-state index contributed by atoms with van der Waals surface area (Å²) < 4.78 is 0. The number of nitrogens with one attached hydrogen (secondary N) is 2. The van der Waals surface area contributed by atoms with E-state index in [2.05, 4.69) is 58.6 Å². The van der Waals surface area contributed by atoms with Crippen LogP contribution < -0.4 is 10.6 Å². The van der Waals surface area contributed by atoms with Gasteiger partial charge >= 0.3 is 0 Å². The highest BCUT2D eigenvalue weighted by Gasteiger charge is 2.17. The highest BCUT2D eigenvalue weighted by molar-refractivity contribution is 5.79. The second-order valence-electron chi connectivity index (χ2n) is 5.99. The van der Waals surface area contributed by atoms with Gasteiger partial charge in [0.25, 0.3) is 0 Å². The summed E-state index contributed by atoms with van der Waals surface area (Å²) in [6.07, 6.45) is 4.06. The average Bonchev–Trinajstić information content (AvgIpc) is 2.55. The van der Waals surface area contributed by atoms with Crippen LogP contribution in [0.15, 0.2) is 35.3 Å². The molecule has 0 aliphatic carbocycles. The molecule has 1 atom stereocenters. The van der Waals surface area contributed by atoms with Crippen molar-refractivity contribution in [3.63, 3.8) is 0 Å². The highest BCUT2D eigenvalue weighted by atomic mass is 15.2. The molecule has 0 saturated carbocycles. The molecule has 0 spiro atoms. The molecule has 1 saturated heterocycles. The van der Waals surface area contributed by atoms with Gasteiger partial charge in [0.2, 0.25) is 0 Å². The van der Waals surface area contributed by atoms with Crippen molar-refractivity contribution in [3.05, 3.63) is 35.9 Å². The lowest BCUT2D eigenvalue weighted by molar-refractivity contribution is 0.163. The first-order chi connectivity index (χ1) is 10.8. The van der Waals surface area contributed by atoms with E-state index in [4.69, 9.17) is 0 Å². The molecule has 22 heavy (non-hydrogen) atoms. The van der Waals surface area contributed by atoms with Crippen LogP contribution in [0.4, 0.5) is 0 Å². The van der Waals surface area contributed by atoms with E-state index in [1.807, 2.05) is 6.07 Å². The number of likely N-dealkylation sites (tertiary alicyclic amines) is 1. The Morgan fingerprint density at radius 2 is 2.05 bits per heavy atom. The number of guanidine groups is 1. The number of hydrogen-bond donors (Lipinski definition) is 2. The molecule has 0 radical (unpaired) electrons. The van der Waals surface area contributed by atoms with Crippen LogP contribution in [-0.4, -0.2) is 43.1 Å². The van der Waals surface area contributed by atoms with Gasteiger partial charge in [-0.3, -0.25) is 4.90 Å². The molecule has 0 amide bonds. The zero-order valence-corrected chi connectivity index (χ0v) is 14.0. The maximum Gasteiger partial charge on any atom is 0.191 e. The molecule has 0 bridgehead atoms. The van der Waals surface area contributed by atoms with Gasteiger partial charge in [0.1, 0.15) is 0 Å². The van der Waals surface area contributed by atoms with E-state index in [0.717, 1.165) is 38.2 Å². The lowest BCUT2D eigenvalue weighted by Gasteiger charge is -2.33. The first-order valence-electron chi connectivity index (χ1n) is 8.59. The zero-order chi connectivity index (χ0) is 15.6. The van der Waals surface area contributed by atoms with Gasteiger partial charge in [0.05, 0.1) is 6.54 Å². The van der Waals surface area contributed by atoms with Crippen molar-refractivity contribution in [1.82, 2.24) is 15.5 Å².